The zero-order valence-corrected chi connectivity index (χ0v) is 6.53. The zero-order chi connectivity index (χ0) is 7.07. The Labute approximate surface area is 60.4 Å². The van der Waals surface area contributed by atoms with Crippen LogP contribution in [0.4, 0.5) is 0 Å². The van der Waals surface area contributed by atoms with E-state index in [4.69, 9.17) is 0 Å². The van der Waals surface area contributed by atoms with Gasteiger partial charge < -0.3 is 5.32 Å². The molecule has 1 unspecified atom stereocenters. The van der Waals surface area contributed by atoms with Crippen LogP contribution < -0.4 is 5.32 Å². The molecule has 1 rings (SSSR count). The Balaban J connectivity index is 2.62. The second kappa shape index (κ2) is 1.99. The lowest BCUT2D eigenvalue weighted by molar-refractivity contribution is -0.119. The molecule has 2 atom stereocenters. The standard InChI is InChI=1S/C6H11NOS/c1-4(8)6(7-2)3-5(6)9/h5,7,9H,3H2,1-2H3/t5?,6-/m1/s1. The number of ketones is 1. The van der Waals surface area contributed by atoms with Crippen molar-refractivity contribution in [3.8, 4) is 0 Å². The first-order valence-corrected chi connectivity index (χ1v) is 3.53. The predicted molar refractivity (Wildman–Crippen MR) is 39.9 cm³/mol. The van der Waals surface area contributed by atoms with Gasteiger partial charge in [0.25, 0.3) is 0 Å². The molecule has 2 nitrogen and oxygen atoms in total. The second-order valence-corrected chi connectivity index (χ2v) is 3.12. The summed E-state index contributed by atoms with van der Waals surface area (Å²) in [5.74, 6) is 0.199. The maximum atomic E-state index is 10.9. The van der Waals surface area contributed by atoms with Crippen LogP contribution in [0.3, 0.4) is 0 Å². The van der Waals surface area contributed by atoms with E-state index >= 15 is 0 Å². The van der Waals surface area contributed by atoms with Crippen LogP contribution in [0.5, 0.6) is 0 Å². The van der Waals surface area contributed by atoms with Crippen LogP contribution in [0.15, 0.2) is 0 Å². The lowest BCUT2D eigenvalue weighted by Crippen LogP contribution is -2.37. The first-order chi connectivity index (χ1) is 4.13. The fourth-order valence-electron chi connectivity index (χ4n) is 1.07. The molecule has 0 spiro atoms. The number of nitrogens with one attached hydrogen (secondary N) is 1. The highest BCUT2D eigenvalue weighted by atomic mass is 32.1. The first-order valence-electron chi connectivity index (χ1n) is 3.01. The van der Waals surface area contributed by atoms with E-state index in [1.165, 1.54) is 0 Å². The third-order valence-electron chi connectivity index (χ3n) is 2.00. The molecule has 9 heavy (non-hydrogen) atoms. The summed E-state index contributed by atoms with van der Waals surface area (Å²) in [6.07, 6.45) is 0.877. The van der Waals surface area contributed by atoms with Crippen molar-refractivity contribution >= 4 is 18.4 Å². The van der Waals surface area contributed by atoms with E-state index in [0.29, 0.717) is 0 Å². The van der Waals surface area contributed by atoms with Crippen molar-refractivity contribution in [3.05, 3.63) is 0 Å². The molecule has 52 valence electrons. The van der Waals surface area contributed by atoms with Crippen molar-refractivity contribution in [1.82, 2.24) is 5.32 Å². The van der Waals surface area contributed by atoms with Crippen LogP contribution in [0, 0.1) is 0 Å². The first kappa shape index (κ1) is 7.09. The maximum Gasteiger partial charge on any atom is 0.150 e. The van der Waals surface area contributed by atoms with Gasteiger partial charge in [0, 0.05) is 5.25 Å². The average molecular weight is 145 g/mol. The van der Waals surface area contributed by atoms with Crippen molar-refractivity contribution in [1.29, 1.82) is 0 Å². The molecule has 0 saturated heterocycles. The summed E-state index contributed by atoms with van der Waals surface area (Å²) in [7, 11) is 1.80. The Kier molecular flexibility index (Phi) is 1.57. The summed E-state index contributed by atoms with van der Waals surface area (Å²) >= 11 is 4.19. The minimum Gasteiger partial charge on any atom is -0.307 e. The van der Waals surface area contributed by atoms with Crippen LogP contribution in [-0.2, 0) is 4.79 Å². The molecular weight excluding hydrogens is 134 g/mol. The fourth-order valence-corrected chi connectivity index (χ4v) is 1.67. The zero-order valence-electron chi connectivity index (χ0n) is 5.64. The molecular formula is C6H11NOS. The molecule has 0 bridgehead atoms. The molecule has 1 aliphatic carbocycles. The van der Waals surface area contributed by atoms with Gasteiger partial charge >= 0.3 is 0 Å². The number of carbonyl (C=O) groups excluding carboxylic acids is 1. The highest BCUT2D eigenvalue weighted by Crippen LogP contribution is 2.40. The Morgan fingerprint density at radius 1 is 1.89 bits per heavy atom. The highest BCUT2D eigenvalue weighted by molar-refractivity contribution is 7.81. The van der Waals surface area contributed by atoms with Crippen LogP contribution in [-0.4, -0.2) is 23.6 Å². The van der Waals surface area contributed by atoms with Gasteiger partial charge in [0.15, 0.2) is 5.78 Å². The Hall–Kier alpha value is -0.0200. The normalized spacial score (nSPS) is 40.6. The van der Waals surface area contributed by atoms with Gasteiger partial charge in [-0.25, -0.2) is 0 Å². The number of thiol groups is 1. The monoisotopic (exact) mass is 145 g/mol. The van der Waals surface area contributed by atoms with E-state index in [1.54, 1.807) is 14.0 Å². The number of hydrogen-bond acceptors (Lipinski definition) is 3. The largest absolute Gasteiger partial charge is 0.307 e. The number of carbonyl (C=O) groups is 1. The summed E-state index contributed by atoms with van der Waals surface area (Å²) in [5, 5.41) is 3.21. The Morgan fingerprint density at radius 2 is 2.33 bits per heavy atom. The van der Waals surface area contributed by atoms with Crippen molar-refractivity contribution in [2.75, 3.05) is 7.05 Å². The molecule has 1 saturated carbocycles. The van der Waals surface area contributed by atoms with E-state index < -0.39 is 0 Å². The van der Waals surface area contributed by atoms with Crippen LogP contribution >= 0.6 is 12.6 Å². The molecule has 1 aliphatic rings. The van der Waals surface area contributed by atoms with Crippen molar-refractivity contribution in [3.63, 3.8) is 0 Å². The van der Waals surface area contributed by atoms with Gasteiger partial charge in [0.2, 0.25) is 0 Å². The van der Waals surface area contributed by atoms with E-state index in [0.717, 1.165) is 6.42 Å². The van der Waals surface area contributed by atoms with Crippen LogP contribution in [0.2, 0.25) is 0 Å². The lowest BCUT2D eigenvalue weighted by Gasteiger charge is -2.08. The van der Waals surface area contributed by atoms with Gasteiger partial charge in [-0.05, 0) is 20.4 Å². The van der Waals surface area contributed by atoms with Crippen LogP contribution in [0.1, 0.15) is 13.3 Å². The topological polar surface area (TPSA) is 29.1 Å². The van der Waals surface area contributed by atoms with Crippen molar-refractivity contribution in [2.45, 2.75) is 24.1 Å². The average Bonchev–Trinajstić information content (AvgIpc) is 2.43. The summed E-state index contributed by atoms with van der Waals surface area (Å²) in [4.78, 5) is 10.9. The minimum atomic E-state index is -0.275. The van der Waals surface area contributed by atoms with Gasteiger partial charge in [0.1, 0.15) is 0 Å². The number of likely N-dealkylation sites (N-methyl/N-ethyl adjacent to an activating group) is 1. The number of hydrogen-bond donors (Lipinski definition) is 2. The number of rotatable bonds is 2. The second-order valence-electron chi connectivity index (χ2n) is 2.50. The lowest BCUT2D eigenvalue weighted by atomic mass is 10.2. The third-order valence-corrected chi connectivity index (χ3v) is 2.62. The van der Waals surface area contributed by atoms with E-state index in [-0.39, 0.29) is 16.6 Å². The smallest absolute Gasteiger partial charge is 0.150 e. The fraction of sp³-hybridized carbons (Fsp3) is 0.833. The van der Waals surface area contributed by atoms with E-state index in [2.05, 4.69) is 17.9 Å². The maximum absolute atomic E-state index is 10.9. The molecule has 0 aromatic heterocycles. The summed E-state index contributed by atoms with van der Waals surface area (Å²) in [6.45, 7) is 1.60. The quantitative estimate of drug-likeness (QED) is 0.545. The summed E-state index contributed by atoms with van der Waals surface area (Å²) < 4.78 is 0. The third kappa shape index (κ3) is 0.883. The molecule has 0 aromatic rings. The van der Waals surface area contributed by atoms with Gasteiger partial charge in [-0.1, -0.05) is 0 Å². The van der Waals surface area contributed by atoms with Gasteiger partial charge in [-0.2, -0.15) is 12.6 Å². The van der Waals surface area contributed by atoms with E-state index in [9.17, 15) is 4.79 Å². The number of Topliss-reactive ketones (excluding diaryl/α,β-unsaturated/α-hetero) is 1. The molecule has 1 fully saturated rings. The molecule has 0 heterocycles. The molecule has 0 aliphatic heterocycles. The molecule has 0 aromatic carbocycles. The van der Waals surface area contributed by atoms with Gasteiger partial charge in [-0.3, -0.25) is 4.79 Å². The summed E-state index contributed by atoms with van der Waals surface area (Å²) in [6, 6.07) is 0. The van der Waals surface area contributed by atoms with Crippen molar-refractivity contribution < 1.29 is 4.79 Å². The molecule has 1 N–H and O–H groups in total. The highest BCUT2D eigenvalue weighted by Gasteiger charge is 2.54. The molecule has 0 amide bonds. The SMILES string of the molecule is CN[C@@]1(C(C)=O)CC1S. The molecule has 0 radical (unpaired) electrons. The Bertz CT molecular complexity index is 144. The Morgan fingerprint density at radius 3 is 2.33 bits per heavy atom. The minimum absolute atomic E-state index is 0.199. The molecule has 3 heteroatoms. The predicted octanol–water partition coefficient (Wildman–Crippen LogP) is 0.236. The van der Waals surface area contributed by atoms with Gasteiger partial charge in [0.05, 0.1) is 5.54 Å². The van der Waals surface area contributed by atoms with Gasteiger partial charge in [-0.15, -0.1) is 0 Å². The summed E-state index contributed by atoms with van der Waals surface area (Å²) in [5.41, 5.74) is -0.275. The van der Waals surface area contributed by atoms with Crippen LogP contribution in [0.25, 0.3) is 0 Å². The van der Waals surface area contributed by atoms with E-state index in [1.807, 2.05) is 0 Å². The van der Waals surface area contributed by atoms with Crippen molar-refractivity contribution in [2.24, 2.45) is 0 Å².